The van der Waals surface area contributed by atoms with E-state index in [1.807, 2.05) is 0 Å². The second kappa shape index (κ2) is 17.3. The summed E-state index contributed by atoms with van der Waals surface area (Å²) in [5.41, 5.74) is 14.7. The van der Waals surface area contributed by atoms with E-state index in [1.165, 1.54) is 54.4 Å². The zero-order chi connectivity index (χ0) is 37.0. The van der Waals surface area contributed by atoms with Gasteiger partial charge in [0.15, 0.2) is 0 Å². The van der Waals surface area contributed by atoms with E-state index in [4.69, 9.17) is 17.0 Å². The van der Waals surface area contributed by atoms with Crippen molar-refractivity contribution < 1.29 is 20.8 Å². The molecular formula is C49H70Cl2SiZr. The van der Waals surface area contributed by atoms with Gasteiger partial charge in [0, 0.05) is 0 Å². The fourth-order valence-electron chi connectivity index (χ4n) is 11.9. The molecule has 8 unspecified atom stereocenters. The summed E-state index contributed by atoms with van der Waals surface area (Å²) in [6.45, 7) is 27.5. The van der Waals surface area contributed by atoms with Gasteiger partial charge in [-0.2, -0.15) is 0 Å². The van der Waals surface area contributed by atoms with Gasteiger partial charge in [-0.15, -0.1) is 0 Å². The maximum absolute atomic E-state index is 4.93. The standard InChI is InChI=1S/C47H64Si.2CH3.2ClH.Zr/c1-29(2)39-28-40-36(31-18-22-34(23-19-31)46(4,5)6)15-13-17-38(40)45(39)48(10,11)44-30(3)26-41-42(44)27-33-14-12-16-37(33)43(41)32-20-24-35(25-21-32)47(7,8)9;;;;;/h13,15,17-25,27,29-30,38-42,44-45H,12,14,16,26,28H2,1-11H3;2*1H3;2*1H;/q;2*-1;;;+4/p-2. The normalized spacial score (nSPS) is 29.1. The zero-order valence-electron chi connectivity index (χ0n) is 35.4. The summed E-state index contributed by atoms with van der Waals surface area (Å²) in [6.07, 6.45) is 17.1. The summed E-state index contributed by atoms with van der Waals surface area (Å²) in [6, 6.07) is 19.5. The van der Waals surface area contributed by atoms with E-state index < -0.39 is 28.9 Å². The average Bonchev–Trinajstić information content (AvgIpc) is 3.78. The summed E-state index contributed by atoms with van der Waals surface area (Å²) >= 11 is -0.826. The Morgan fingerprint density at radius 1 is 0.736 bits per heavy atom. The maximum atomic E-state index is 4.93. The third-order valence-corrected chi connectivity index (χ3v) is 19.3. The van der Waals surface area contributed by atoms with E-state index in [0.717, 1.165) is 28.8 Å². The Morgan fingerprint density at radius 2 is 1.28 bits per heavy atom. The average molecular weight is 849 g/mol. The fourth-order valence-corrected chi connectivity index (χ4v) is 18.2. The van der Waals surface area contributed by atoms with Gasteiger partial charge in [0.05, 0.1) is 8.07 Å². The molecule has 0 aliphatic heterocycles. The molecule has 7 rings (SSSR count). The fraction of sp³-hybridized carbons (Fsp3) is 0.551. The summed E-state index contributed by atoms with van der Waals surface area (Å²) in [5.74, 6) is 5.01. The Balaban J connectivity index is 0.00000121. The first-order valence-electron chi connectivity index (χ1n) is 20.0. The molecule has 0 spiro atoms. The number of benzene rings is 2. The van der Waals surface area contributed by atoms with Crippen LogP contribution in [0.25, 0.3) is 11.1 Å². The molecule has 0 saturated heterocycles. The van der Waals surface area contributed by atoms with Crippen LogP contribution in [-0.4, -0.2) is 8.07 Å². The van der Waals surface area contributed by atoms with Gasteiger partial charge in [0.25, 0.3) is 0 Å². The Hall–Kier alpha value is -0.920. The van der Waals surface area contributed by atoms with Crippen LogP contribution >= 0.6 is 17.0 Å². The monoisotopic (exact) mass is 846 g/mol. The molecule has 2 aromatic carbocycles. The van der Waals surface area contributed by atoms with Gasteiger partial charge >= 0.3 is 37.9 Å². The number of hydrogen-bond acceptors (Lipinski definition) is 0. The van der Waals surface area contributed by atoms with Gasteiger partial charge in [-0.3, -0.25) is 0 Å². The minimum atomic E-state index is -1.76. The van der Waals surface area contributed by atoms with E-state index in [1.54, 1.807) is 22.3 Å². The predicted molar refractivity (Wildman–Crippen MR) is 236 cm³/mol. The van der Waals surface area contributed by atoms with Crippen LogP contribution in [0.3, 0.4) is 0 Å². The molecule has 3 fully saturated rings. The van der Waals surface area contributed by atoms with Crippen molar-refractivity contribution in [2.75, 3.05) is 0 Å². The number of fused-ring (bicyclic) bond motifs is 3. The summed E-state index contributed by atoms with van der Waals surface area (Å²) in [5, 5.41) is 0. The van der Waals surface area contributed by atoms with E-state index >= 15 is 0 Å². The van der Waals surface area contributed by atoms with Crippen LogP contribution in [0.5, 0.6) is 0 Å². The summed E-state index contributed by atoms with van der Waals surface area (Å²) < 4.78 is 0. The molecule has 0 aromatic heterocycles. The third-order valence-electron chi connectivity index (χ3n) is 14.1. The van der Waals surface area contributed by atoms with Crippen molar-refractivity contribution in [3.63, 3.8) is 0 Å². The quantitative estimate of drug-likeness (QED) is 0.208. The first-order valence-corrected chi connectivity index (χ1v) is 29.5. The number of rotatable bonds is 5. The van der Waals surface area contributed by atoms with Crippen LogP contribution in [-0.2, 0) is 31.7 Å². The van der Waals surface area contributed by atoms with Crippen LogP contribution in [0.1, 0.15) is 117 Å². The topological polar surface area (TPSA) is 0 Å². The van der Waals surface area contributed by atoms with Gasteiger partial charge in [-0.25, -0.2) is 0 Å². The second-order valence-corrected chi connectivity index (χ2v) is 28.5. The van der Waals surface area contributed by atoms with E-state index in [-0.39, 0.29) is 25.7 Å². The van der Waals surface area contributed by atoms with Crippen LogP contribution in [0.15, 0.2) is 84.0 Å². The molecule has 0 nitrogen and oxygen atoms in total. The molecule has 5 aliphatic carbocycles. The van der Waals surface area contributed by atoms with Crippen LogP contribution in [0, 0.1) is 56.3 Å². The molecule has 8 atom stereocenters. The number of halogens is 2. The molecule has 4 heteroatoms. The van der Waals surface area contributed by atoms with Crippen molar-refractivity contribution in [3.8, 4) is 0 Å². The minimum absolute atomic E-state index is 0. The van der Waals surface area contributed by atoms with E-state index in [9.17, 15) is 0 Å². The van der Waals surface area contributed by atoms with Gasteiger partial charge in [0.2, 0.25) is 0 Å². The molecule has 0 bridgehead atoms. The second-order valence-electron chi connectivity index (χ2n) is 19.8. The zero-order valence-corrected chi connectivity index (χ0v) is 40.4. The van der Waals surface area contributed by atoms with Crippen molar-refractivity contribution in [2.45, 2.75) is 129 Å². The van der Waals surface area contributed by atoms with Gasteiger partial charge in [0.1, 0.15) is 0 Å². The number of hydrogen-bond donors (Lipinski definition) is 0. The van der Waals surface area contributed by atoms with Crippen molar-refractivity contribution in [1.82, 2.24) is 0 Å². The summed E-state index contributed by atoms with van der Waals surface area (Å²) in [4.78, 5) is 0. The van der Waals surface area contributed by atoms with Crippen LogP contribution in [0.2, 0.25) is 24.2 Å². The first-order chi connectivity index (χ1) is 24.0. The van der Waals surface area contributed by atoms with Crippen LogP contribution < -0.4 is 0 Å². The van der Waals surface area contributed by atoms with Crippen molar-refractivity contribution in [2.24, 2.45) is 41.4 Å². The predicted octanol–water partition coefficient (Wildman–Crippen LogP) is 15.7. The van der Waals surface area contributed by atoms with Gasteiger partial charge < -0.3 is 14.9 Å². The van der Waals surface area contributed by atoms with Crippen molar-refractivity contribution >= 4 is 36.2 Å². The van der Waals surface area contributed by atoms with Crippen molar-refractivity contribution in [1.29, 1.82) is 0 Å². The molecule has 0 heterocycles. The van der Waals surface area contributed by atoms with Crippen molar-refractivity contribution in [3.05, 3.63) is 121 Å². The van der Waals surface area contributed by atoms with Crippen LogP contribution in [0.4, 0.5) is 0 Å². The van der Waals surface area contributed by atoms with Gasteiger partial charge in [-0.05, 0) is 140 Å². The van der Waals surface area contributed by atoms with Gasteiger partial charge in [-0.1, -0.05) is 148 Å². The number of allylic oxidation sites excluding steroid dienone is 8. The molecule has 0 amide bonds. The first kappa shape index (κ1) is 44.8. The Bertz CT molecular complexity index is 1680. The molecule has 0 N–H and O–H groups in total. The molecule has 0 radical (unpaired) electrons. The Morgan fingerprint density at radius 3 is 1.81 bits per heavy atom. The molecule has 3 saturated carbocycles. The molecule has 288 valence electrons. The summed E-state index contributed by atoms with van der Waals surface area (Å²) in [7, 11) is 8.11. The third kappa shape index (κ3) is 8.68. The van der Waals surface area contributed by atoms with E-state index in [2.05, 4.69) is 148 Å². The molecular weight excluding hydrogens is 779 g/mol. The van der Waals surface area contributed by atoms with E-state index in [0.29, 0.717) is 23.7 Å². The molecule has 53 heavy (non-hydrogen) atoms. The Kier molecular flexibility index (Phi) is 14.6. The Labute approximate surface area is 346 Å². The molecule has 2 aromatic rings. The molecule has 5 aliphatic rings. The SMILES string of the molecule is CC(C)C1CC2C(c3ccc(C(C)(C)C)cc3)=CC=CC2C1[Si](C)(C)C1C(C)CC2C(c3ccc(C(C)(C)C)cc3)=C3CCCC3=CC21.[CH3-].[CH3-].[Cl][Zr+2][Cl].